The lowest BCUT2D eigenvalue weighted by Gasteiger charge is -2.15. The summed E-state index contributed by atoms with van der Waals surface area (Å²) in [6, 6.07) is 13.7. The molecule has 0 bridgehead atoms. The molecule has 0 aliphatic rings. The molecule has 0 spiro atoms. The largest absolute Gasteiger partial charge is 0.475 e. The Morgan fingerprint density at radius 2 is 1.76 bits per heavy atom. The maximum Gasteiger partial charge on any atom is 0.371 e. The lowest BCUT2D eigenvalue weighted by atomic mass is 10.2. The molecule has 3 rings (SSSR count). The van der Waals surface area contributed by atoms with Crippen molar-refractivity contribution < 1.29 is 23.9 Å². The van der Waals surface area contributed by atoms with E-state index in [1.165, 1.54) is 6.07 Å². The molecule has 0 atom stereocenters. The number of hydrogen-bond acceptors (Lipinski definition) is 5. The quantitative estimate of drug-likeness (QED) is 0.435. The average Bonchev–Trinajstić information content (AvgIpc) is 3.20. The maximum absolute atomic E-state index is 12.3. The van der Waals surface area contributed by atoms with Crippen molar-refractivity contribution in [3.8, 4) is 0 Å². The average molecular weight is 432 g/mol. The molecule has 1 heterocycles. The number of benzene rings is 2. The van der Waals surface area contributed by atoms with Crippen molar-refractivity contribution in [1.82, 2.24) is 0 Å². The van der Waals surface area contributed by atoms with E-state index < -0.39 is 12.0 Å². The second kappa shape index (κ2) is 8.72. The molecule has 0 unspecified atom stereocenters. The normalized spacial score (nSPS) is 10.3. The van der Waals surface area contributed by atoms with Crippen LogP contribution < -0.4 is 14.9 Å². The highest BCUT2D eigenvalue weighted by molar-refractivity contribution is 7.82. The number of anilines is 3. The van der Waals surface area contributed by atoms with Crippen LogP contribution >= 0.6 is 24.4 Å². The number of furan rings is 1. The van der Waals surface area contributed by atoms with Gasteiger partial charge >= 0.3 is 12.0 Å². The molecule has 0 fully saturated rings. The van der Waals surface area contributed by atoms with Crippen LogP contribution in [0.5, 0.6) is 0 Å². The van der Waals surface area contributed by atoms with E-state index >= 15 is 0 Å². The first-order valence-electron chi connectivity index (χ1n) is 8.13. The molecule has 0 saturated heterocycles. The van der Waals surface area contributed by atoms with Crippen LogP contribution in [0.1, 0.15) is 20.9 Å². The Kier molecular flexibility index (Phi) is 6.10. The molecule has 1 aromatic heterocycles. The molecule has 148 valence electrons. The van der Waals surface area contributed by atoms with Crippen LogP contribution in [0.4, 0.5) is 21.9 Å². The van der Waals surface area contributed by atoms with Gasteiger partial charge in [-0.15, -0.1) is 0 Å². The third kappa shape index (κ3) is 4.89. The summed E-state index contributed by atoms with van der Waals surface area (Å²) in [5, 5.41) is 14.3. The van der Waals surface area contributed by atoms with Crippen LogP contribution in [0.3, 0.4) is 0 Å². The molecule has 0 aliphatic carbocycles. The van der Waals surface area contributed by atoms with Gasteiger partial charge in [0.2, 0.25) is 5.76 Å². The summed E-state index contributed by atoms with van der Waals surface area (Å²) >= 11 is 10.2. The van der Waals surface area contributed by atoms with Crippen molar-refractivity contribution in [3.05, 3.63) is 77.2 Å². The van der Waals surface area contributed by atoms with E-state index in [1.807, 2.05) is 0 Å². The van der Waals surface area contributed by atoms with Crippen molar-refractivity contribution >= 4 is 59.4 Å². The molecule has 3 amide bonds. The number of urea groups is 1. The van der Waals surface area contributed by atoms with Crippen LogP contribution in [-0.2, 0) is 0 Å². The predicted molar refractivity (Wildman–Crippen MR) is 112 cm³/mol. The number of halogens is 1. The van der Waals surface area contributed by atoms with E-state index in [0.717, 1.165) is 16.6 Å². The maximum atomic E-state index is 12.3. The van der Waals surface area contributed by atoms with Crippen molar-refractivity contribution in [1.29, 1.82) is 0 Å². The Morgan fingerprint density at radius 3 is 2.38 bits per heavy atom. The van der Waals surface area contributed by atoms with Gasteiger partial charge in [-0.25, -0.2) is 13.9 Å². The number of carboxylic acids is 1. The topological polar surface area (TPSA) is 112 Å². The Hall–Kier alpha value is -3.43. The lowest BCUT2D eigenvalue weighted by Crippen LogP contribution is -2.26. The van der Waals surface area contributed by atoms with Gasteiger partial charge in [0.15, 0.2) is 0 Å². The molecule has 3 aromatic rings. The number of thiol groups is 1. The summed E-state index contributed by atoms with van der Waals surface area (Å²) in [5.41, 5.74) is 1.34. The molecule has 2 aromatic carbocycles. The molecule has 0 radical (unpaired) electrons. The smallest absolute Gasteiger partial charge is 0.371 e. The minimum Gasteiger partial charge on any atom is -0.475 e. The van der Waals surface area contributed by atoms with Gasteiger partial charge in [-0.3, -0.25) is 4.79 Å². The minimum absolute atomic E-state index is 0.140. The predicted octanol–water partition coefficient (Wildman–Crippen LogP) is 4.77. The van der Waals surface area contributed by atoms with Gasteiger partial charge in [-0.2, -0.15) is 0 Å². The summed E-state index contributed by atoms with van der Waals surface area (Å²) in [4.78, 5) is 35.4. The summed E-state index contributed by atoms with van der Waals surface area (Å²) in [5.74, 6) is -1.91. The monoisotopic (exact) mass is 431 g/mol. The SMILES string of the molecule is O=C(Nc1ccc(NC(=O)N(S)c2coc(C(=O)O)c2)cc1Cl)c1ccccc1. The first kappa shape index (κ1) is 20.3. The van der Waals surface area contributed by atoms with Crippen LogP contribution in [0.2, 0.25) is 5.02 Å². The van der Waals surface area contributed by atoms with Gasteiger partial charge in [0.25, 0.3) is 5.91 Å². The van der Waals surface area contributed by atoms with Crippen LogP contribution in [0, 0.1) is 0 Å². The standard InChI is InChI=1S/C19H14ClN3O5S/c20-14-8-12(6-7-15(14)22-17(24)11-4-2-1-3-5-11)21-19(27)23(29)13-9-16(18(25)26)28-10-13/h1-10,29H,(H,21,27)(H,22,24)(H,25,26). The van der Waals surface area contributed by atoms with Crippen molar-refractivity contribution in [3.63, 3.8) is 0 Å². The zero-order valence-electron chi connectivity index (χ0n) is 14.6. The zero-order chi connectivity index (χ0) is 21.0. The minimum atomic E-state index is -1.27. The highest BCUT2D eigenvalue weighted by Gasteiger charge is 2.18. The molecular weight excluding hydrogens is 418 g/mol. The fraction of sp³-hybridized carbons (Fsp3) is 0. The third-order valence-electron chi connectivity index (χ3n) is 3.74. The van der Waals surface area contributed by atoms with Crippen molar-refractivity contribution in [2.45, 2.75) is 0 Å². The number of amides is 3. The summed E-state index contributed by atoms with van der Waals surface area (Å²) in [6.07, 6.45) is 1.09. The van der Waals surface area contributed by atoms with E-state index in [2.05, 4.69) is 23.4 Å². The molecule has 8 nitrogen and oxygen atoms in total. The van der Waals surface area contributed by atoms with E-state index in [1.54, 1.807) is 42.5 Å². The number of carbonyl (C=O) groups excluding carboxylic acids is 2. The van der Waals surface area contributed by atoms with E-state index in [9.17, 15) is 14.4 Å². The lowest BCUT2D eigenvalue weighted by molar-refractivity contribution is 0.0662. The highest BCUT2D eigenvalue weighted by Crippen LogP contribution is 2.27. The third-order valence-corrected chi connectivity index (χ3v) is 4.46. The van der Waals surface area contributed by atoms with E-state index in [4.69, 9.17) is 21.1 Å². The van der Waals surface area contributed by atoms with Crippen molar-refractivity contribution in [2.24, 2.45) is 0 Å². The van der Waals surface area contributed by atoms with Gasteiger partial charge in [0.1, 0.15) is 6.26 Å². The Morgan fingerprint density at radius 1 is 1.03 bits per heavy atom. The second-order valence-corrected chi connectivity index (χ2v) is 6.54. The first-order chi connectivity index (χ1) is 13.8. The van der Waals surface area contributed by atoms with Gasteiger partial charge in [0.05, 0.1) is 16.4 Å². The van der Waals surface area contributed by atoms with E-state index in [-0.39, 0.29) is 22.4 Å². The number of carboxylic acid groups (broad SMARTS) is 1. The Labute approximate surface area is 175 Å². The molecular formula is C19H14ClN3O5S. The molecule has 0 aliphatic heterocycles. The fourth-order valence-electron chi connectivity index (χ4n) is 2.32. The van der Waals surface area contributed by atoms with Gasteiger partial charge in [0, 0.05) is 17.3 Å². The number of nitrogens with zero attached hydrogens (tertiary/aromatic N) is 1. The zero-order valence-corrected chi connectivity index (χ0v) is 16.3. The molecule has 0 saturated carbocycles. The second-order valence-electron chi connectivity index (χ2n) is 5.73. The first-order valence-corrected chi connectivity index (χ1v) is 8.90. The fourth-order valence-corrected chi connectivity index (χ4v) is 2.70. The summed E-state index contributed by atoms with van der Waals surface area (Å²) in [6.45, 7) is 0. The highest BCUT2D eigenvalue weighted by atomic mass is 35.5. The van der Waals surface area contributed by atoms with Crippen LogP contribution in [0.15, 0.2) is 65.3 Å². The van der Waals surface area contributed by atoms with Gasteiger partial charge in [-0.05, 0) is 30.3 Å². The Balaban J connectivity index is 1.67. The number of nitrogens with one attached hydrogen (secondary N) is 2. The van der Waals surface area contributed by atoms with Crippen LogP contribution in [0.25, 0.3) is 0 Å². The van der Waals surface area contributed by atoms with Crippen LogP contribution in [-0.4, -0.2) is 23.0 Å². The number of carbonyl (C=O) groups is 3. The van der Waals surface area contributed by atoms with Gasteiger partial charge < -0.3 is 20.2 Å². The number of rotatable bonds is 5. The molecule has 3 N–H and O–H groups in total. The summed E-state index contributed by atoms with van der Waals surface area (Å²) < 4.78 is 5.71. The molecule has 29 heavy (non-hydrogen) atoms. The summed E-state index contributed by atoms with van der Waals surface area (Å²) in [7, 11) is 0. The number of aromatic carboxylic acids is 1. The van der Waals surface area contributed by atoms with Crippen molar-refractivity contribution in [2.75, 3.05) is 14.9 Å². The Bertz CT molecular complexity index is 1070. The number of hydrogen-bond donors (Lipinski definition) is 4. The molecule has 10 heteroatoms. The van der Waals surface area contributed by atoms with E-state index in [0.29, 0.717) is 16.9 Å². The van der Waals surface area contributed by atoms with Gasteiger partial charge in [-0.1, -0.05) is 42.6 Å².